The van der Waals surface area contributed by atoms with Gasteiger partial charge in [0.2, 0.25) is 0 Å². The van der Waals surface area contributed by atoms with E-state index in [1.807, 2.05) is 0 Å². The highest BCUT2D eigenvalue weighted by molar-refractivity contribution is 5.78. The molecule has 0 aromatic carbocycles. The van der Waals surface area contributed by atoms with E-state index in [1.165, 1.54) is 7.11 Å². The van der Waals surface area contributed by atoms with E-state index in [4.69, 9.17) is 9.90 Å². The van der Waals surface area contributed by atoms with Crippen LogP contribution in [0.25, 0.3) is 0 Å². The van der Waals surface area contributed by atoms with E-state index < -0.39 is 12.1 Å². The zero-order valence-corrected chi connectivity index (χ0v) is 7.09. The molecule has 0 spiro atoms. The molecule has 0 unspecified atom stereocenters. The van der Waals surface area contributed by atoms with Gasteiger partial charge in [-0.05, 0) is 0 Å². The van der Waals surface area contributed by atoms with E-state index in [0.717, 1.165) is 6.54 Å². The average Bonchev–Trinajstić information content (AvgIpc) is 2.84. The van der Waals surface area contributed by atoms with Crippen molar-refractivity contribution in [1.29, 1.82) is 0 Å². The van der Waals surface area contributed by atoms with E-state index in [0.29, 0.717) is 0 Å². The van der Waals surface area contributed by atoms with Gasteiger partial charge >= 0.3 is 18.1 Å². The summed E-state index contributed by atoms with van der Waals surface area (Å²) in [5.41, 5.74) is 0. The molecule has 0 radical (unpaired) electrons. The Morgan fingerprint density at radius 2 is 1.86 bits per heavy atom. The molecule has 0 aliphatic carbocycles. The summed E-state index contributed by atoms with van der Waals surface area (Å²) in [7, 11) is 1.39. The fourth-order valence-electron chi connectivity index (χ4n) is 0.368. The van der Waals surface area contributed by atoms with E-state index >= 15 is 0 Å². The first-order chi connectivity index (χ1) is 6.29. The predicted octanol–water partition coefficient (Wildman–Crippen LogP) is -0.236. The van der Waals surface area contributed by atoms with Gasteiger partial charge in [0.15, 0.2) is 0 Å². The number of carbonyl (C=O) groups is 2. The zero-order chi connectivity index (χ0) is 11.4. The molecule has 0 saturated carbocycles. The second kappa shape index (κ2) is 4.80. The van der Waals surface area contributed by atoms with Crippen LogP contribution in [0.4, 0.5) is 13.2 Å². The number of carboxylic acid groups (broad SMARTS) is 1. The molecule has 1 aliphatic heterocycles. The first-order valence-electron chi connectivity index (χ1n) is 3.40. The molecular weight excluding hydrogens is 207 g/mol. The number of halogens is 3. The number of hydrogen-bond donors (Lipinski definition) is 2. The van der Waals surface area contributed by atoms with Crippen LogP contribution in [0.2, 0.25) is 0 Å². The van der Waals surface area contributed by atoms with Crippen LogP contribution in [0.1, 0.15) is 0 Å². The van der Waals surface area contributed by atoms with Crippen LogP contribution in [0.5, 0.6) is 0 Å². The van der Waals surface area contributed by atoms with Gasteiger partial charge in [-0.15, -0.1) is 0 Å². The Hall–Kier alpha value is -1.31. The van der Waals surface area contributed by atoms with Gasteiger partial charge < -0.3 is 15.2 Å². The van der Waals surface area contributed by atoms with Gasteiger partial charge in [-0.1, -0.05) is 0 Å². The molecule has 1 rings (SSSR count). The number of carboxylic acids is 1. The highest BCUT2D eigenvalue weighted by Gasteiger charge is 2.38. The van der Waals surface area contributed by atoms with Gasteiger partial charge in [-0.3, -0.25) is 4.79 Å². The Morgan fingerprint density at radius 3 is 1.93 bits per heavy atom. The monoisotopic (exact) mass is 215 g/mol. The molecule has 0 bridgehead atoms. The maximum Gasteiger partial charge on any atom is 0.490 e. The summed E-state index contributed by atoms with van der Waals surface area (Å²) in [6, 6.07) is 0.00463. The summed E-state index contributed by atoms with van der Waals surface area (Å²) >= 11 is 0. The van der Waals surface area contributed by atoms with Crippen LogP contribution in [-0.2, 0) is 14.3 Å². The molecule has 1 aliphatic rings. The molecule has 1 saturated heterocycles. The number of nitrogens with one attached hydrogen (secondary N) is 1. The Bertz CT molecular complexity index is 222. The van der Waals surface area contributed by atoms with Crippen LogP contribution in [0.15, 0.2) is 0 Å². The fourth-order valence-corrected chi connectivity index (χ4v) is 0.368. The first kappa shape index (κ1) is 12.7. The Labute approximate surface area is 76.8 Å². The molecule has 8 heteroatoms. The lowest BCUT2D eigenvalue weighted by Gasteiger charge is -1.93. The summed E-state index contributed by atoms with van der Waals surface area (Å²) in [5.74, 6) is -2.91. The van der Waals surface area contributed by atoms with Crippen molar-refractivity contribution >= 4 is 11.9 Å². The second-order valence-corrected chi connectivity index (χ2v) is 2.29. The second-order valence-electron chi connectivity index (χ2n) is 2.29. The van der Waals surface area contributed by atoms with E-state index in [1.54, 1.807) is 0 Å². The quantitative estimate of drug-likeness (QED) is 0.466. The van der Waals surface area contributed by atoms with E-state index in [9.17, 15) is 18.0 Å². The van der Waals surface area contributed by atoms with Gasteiger partial charge in [0.05, 0.1) is 7.11 Å². The molecule has 1 fully saturated rings. The zero-order valence-electron chi connectivity index (χ0n) is 7.09. The molecule has 14 heavy (non-hydrogen) atoms. The molecule has 5 nitrogen and oxygen atoms in total. The number of carbonyl (C=O) groups excluding carboxylic acids is 1. The maximum atomic E-state index is 10.6. The van der Waals surface area contributed by atoms with Crippen LogP contribution >= 0.6 is 0 Å². The SMILES string of the molecule is COC(=O)[C@@H]1CN1.O=C(O)C(F)(F)F. The number of esters is 1. The van der Waals surface area contributed by atoms with Crippen LogP contribution in [-0.4, -0.2) is 42.9 Å². The lowest BCUT2D eigenvalue weighted by Crippen LogP contribution is -2.21. The van der Waals surface area contributed by atoms with Gasteiger partial charge in [0.25, 0.3) is 0 Å². The molecule has 82 valence electrons. The molecular formula is C6H8F3NO4. The van der Waals surface area contributed by atoms with Crippen molar-refractivity contribution in [3.05, 3.63) is 0 Å². The number of rotatable bonds is 1. The Balaban J connectivity index is 0.000000241. The summed E-state index contributed by atoms with van der Waals surface area (Å²) in [6.45, 7) is 0.784. The van der Waals surface area contributed by atoms with Crippen molar-refractivity contribution in [3.8, 4) is 0 Å². The van der Waals surface area contributed by atoms with Crippen molar-refractivity contribution in [1.82, 2.24) is 5.32 Å². The highest BCUT2D eigenvalue weighted by atomic mass is 19.4. The van der Waals surface area contributed by atoms with Crippen molar-refractivity contribution < 1.29 is 32.6 Å². The summed E-state index contributed by atoms with van der Waals surface area (Å²) in [4.78, 5) is 19.2. The summed E-state index contributed by atoms with van der Waals surface area (Å²) < 4.78 is 36.1. The number of hydrogen-bond acceptors (Lipinski definition) is 4. The van der Waals surface area contributed by atoms with Gasteiger partial charge in [0, 0.05) is 6.54 Å². The van der Waals surface area contributed by atoms with E-state index in [-0.39, 0.29) is 12.0 Å². The Kier molecular flexibility index (Phi) is 4.35. The molecule has 2 N–H and O–H groups in total. The minimum atomic E-state index is -5.08. The third-order valence-corrected chi connectivity index (χ3v) is 1.14. The molecule has 0 aromatic heterocycles. The van der Waals surface area contributed by atoms with Crippen LogP contribution in [0, 0.1) is 0 Å². The first-order valence-corrected chi connectivity index (χ1v) is 3.40. The molecule has 1 heterocycles. The lowest BCUT2D eigenvalue weighted by molar-refractivity contribution is -0.192. The highest BCUT2D eigenvalue weighted by Crippen LogP contribution is 2.13. The predicted molar refractivity (Wildman–Crippen MR) is 37.5 cm³/mol. The maximum absolute atomic E-state index is 10.6. The van der Waals surface area contributed by atoms with Crippen LogP contribution < -0.4 is 5.32 Å². The number of methoxy groups -OCH3 is 1. The normalized spacial score (nSPS) is 19.0. The minimum Gasteiger partial charge on any atom is -0.475 e. The van der Waals surface area contributed by atoms with Gasteiger partial charge in [-0.25, -0.2) is 4.79 Å². The standard InChI is InChI=1S/C4H7NO2.C2HF3O2/c1-7-4(6)3-2-5-3;3-2(4,5)1(6)7/h3,5H,2H2,1H3;(H,6,7)/t3-;/m0./s1. The topological polar surface area (TPSA) is 85.5 Å². The number of aliphatic carboxylic acids is 1. The summed E-state index contributed by atoms with van der Waals surface area (Å²) in [6.07, 6.45) is -5.08. The van der Waals surface area contributed by atoms with Crippen LogP contribution in [0.3, 0.4) is 0 Å². The lowest BCUT2D eigenvalue weighted by atomic mass is 10.5. The summed E-state index contributed by atoms with van der Waals surface area (Å²) in [5, 5.41) is 9.94. The Morgan fingerprint density at radius 1 is 1.50 bits per heavy atom. The smallest absolute Gasteiger partial charge is 0.475 e. The molecule has 0 amide bonds. The van der Waals surface area contributed by atoms with Crippen molar-refractivity contribution in [2.75, 3.05) is 13.7 Å². The van der Waals surface area contributed by atoms with E-state index in [2.05, 4.69) is 10.1 Å². The largest absolute Gasteiger partial charge is 0.490 e. The van der Waals surface area contributed by atoms with Gasteiger partial charge in [0.1, 0.15) is 6.04 Å². The molecule has 1 atom stereocenters. The average molecular weight is 215 g/mol. The fraction of sp³-hybridized carbons (Fsp3) is 0.667. The third-order valence-electron chi connectivity index (χ3n) is 1.14. The van der Waals surface area contributed by atoms with Crippen molar-refractivity contribution in [2.45, 2.75) is 12.2 Å². The molecule has 0 aromatic rings. The van der Waals surface area contributed by atoms with Gasteiger partial charge in [-0.2, -0.15) is 13.2 Å². The van der Waals surface area contributed by atoms with Crippen molar-refractivity contribution in [2.24, 2.45) is 0 Å². The van der Waals surface area contributed by atoms with Crippen molar-refractivity contribution in [3.63, 3.8) is 0 Å². The number of alkyl halides is 3. The number of ether oxygens (including phenoxy) is 1. The third kappa shape index (κ3) is 5.36. The minimum absolute atomic E-state index is 0.00463.